The van der Waals surface area contributed by atoms with Gasteiger partial charge < -0.3 is 44.5 Å². The van der Waals surface area contributed by atoms with Gasteiger partial charge in [0.25, 0.3) is 0 Å². The summed E-state index contributed by atoms with van der Waals surface area (Å²) in [5.41, 5.74) is 0.734. The summed E-state index contributed by atoms with van der Waals surface area (Å²) in [5.74, 6) is -2.03. The highest BCUT2D eigenvalue weighted by molar-refractivity contribution is 5.97. The summed E-state index contributed by atoms with van der Waals surface area (Å²) < 4.78 is 28.1. The molecular formula is C36H48N2O11. The minimum atomic E-state index is -1.38. The van der Waals surface area contributed by atoms with Crippen LogP contribution in [0.25, 0.3) is 6.08 Å². The van der Waals surface area contributed by atoms with Gasteiger partial charge >= 0.3 is 11.9 Å². The van der Waals surface area contributed by atoms with Crippen molar-refractivity contribution < 1.29 is 53.1 Å². The fourth-order valence-electron chi connectivity index (χ4n) is 6.38. The van der Waals surface area contributed by atoms with Gasteiger partial charge in [-0.3, -0.25) is 14.4 Å². The normalized spacial score (nSPS) is 27.9. The molecule has 268 valence electrons. The monoisotopic (exact) mass is 684 g/mol. The molecule has 4 N–H and O–H groups in total. The van der Waals surface area contributed by atoms with Crippen molar-refractivity contribution in [2.45, 2.75) is 121 Å². The summed E-state index contributed by atoms with van der Waals surface area (Å²) in [6, 6.07) is 4.92. The first-order valence-electron chi connectivity index (χ1n) is 17.0. The van der Waals surface area contributed by atoms with E-state index in [1.165, 1.54) is 6.92 Å². The minimum Gasteiger partial charge on any atom is -0.460 e. The number of hydrogen-bond donors (Lipinski definition) is 4. The molecule has 1 aromatic carbocycles. The molecule has 2 saturated heterocycles. The average molecular weight is 685 g/mol. The second-order valence-electron chi connectivity index (χ2n) is 14.2. The Bertz CT molecular complexity index is 1430. The minimum absolute atomic E-state index is 0.0170. The van der Waals surface area contributed by atoms with Crippen LogP contribution in [-0.4, -0.2) is 102 Å². The molecule has 13 nitrogen and oxygen atoms in total. The van der Waals surface area contributed by atoms with Crippen molar-refractivity contribution in [3.05, 3.63) is 53.1 Å². The Kier molecular flexibility index (Phi) is 11.9. The van der Waals surface area contributed by atoms with Crippen LogP contribution in [0.4, 0.5) is 0 Å². The van der Waals surface area contributed by atoms with Gasteiger partial charge in [-0.25, -0.2) is 4.79 Å². The molecule has 5 rings (SSSR count). The van der Waals surface area contributed by atoms with E-state index in [1.54, 1.807) is 45.0 Å². The molecule has 0 radical (unpaired) electrons. The number of aliphatic hydroxyl groups is 2. The molecule has 0 spiro atoms. The Morgan fingerprint density at radius 1 is 1.10 bits per heavy atom. The number of aliphatic hydroxyl groups excluding tert-OH is 2. The van der Waals surface area contributed by atoms with Crippen LogP contribution >= 0.6 is 0 Å². The zero-order chi connectivity index (χ0) is 35.3. The molecule has 9 atom stereocenters. The van der Waals surface area contributed by atoms with Crippen LogP contribution in [0.3, 0.4) is 0 Å². The van der Waals surface area contributed by atoms with E-state index in [1.807, 2.05) is 12.1 Å². The van der Waals surface area contributed by atoms with Crippen molar-refractivity contribution in [3.63, 3.8) is 0 Å². The van der Waals surface area contributed by atoms with E-state index in [-0.39, 0.29) is 31.6 Å². The third-order valence-electron chi connectivity index (χ3n) is 9.01. The highest BCUT2D eigenvalue weighted by atomic mass is 16.7. The second kappa shape index (κ2) is 15.9. The van der Waals surface area contributed by atoms with E-state index >= 15 is 0 Å². The topological polar surface area (TPSA) is 182 Å². The third kappa shape index (κ3) is 10.2. The molecule has 0 bridgehead atoms. The summed E-state index contributed by atoms with van der Waals surface area (Å²) in [4.78, 5) is 52.0. The lowest BCUT2D eigenvalue weighted by Crippen LogP contribution is -2.55. The molecule has 0 aromatic heterocycles. The highest BCUT2D eigenvalue weighted by Gasteiger charge is 2.44. The predicted molar refractivity (Wildman–Crippen MR) is 176 cm³/mol. The van der Waals surface area contributed by atoms with Gasteiger partial charge in [0.15, 0.2) is 0 Å². The SMILES string of the molecule is C[C@H](O)[C@@H](NC(=O)C1=C[C@H]2OCO[C@H]2[C@H](OC(=O)c2cccc(C=CC3CCC4OC4C3)c2)C1)C(=O)N[C@H](CO)CCC(=O)OC(C)(C)C. The van der Waals surface area contributed by atoms with Gasteiger partial charge in [-0.2, -0.15) is 0 Å². The number of fused-ring (bicyclic) bond motifs is 2. The number of carbonyl (C=O) groups excluding carboxylic acids is 4. The average Bonchev–Trinajstić information content (AvgIpc) is 3.67. The maximum atomic E-state index is 13.4. The summed E-state index contributed by atoms with van der Waals surface area (Å²) >= 11 is 0. The number of epoxide rings is 1. The molecule has 1 saturated carbocycles. The number of rotatable bonds is 13. The van der Waals surface area contributed by atoms with Gasteiger partial charge in [-0.1, -0.05) is 24.3 Å². The van der Waals surface area contributed by atoms with E-state index in [4.69, 9.17) is 23.7 Å². The Morgan fingerprint density at radius 3 is 2.61 bits per heavy atom. The predicted octanol–water partition coefficient (Wildman–Crippen LogP) is 2.33. The largest absolute Gasteiger partial charge is 0.460 e. The third-order valence-corrected chi connectivity index (χ3v) is 9.01. The first-order chi connectivity index (χ1) is 23.3. The maximum absolute atomic E-state index is 13.4. The summed E-state index contributed by atoms with van der Waals surface area (Å²) in [6.45, 7) is 6.04. The Morgan fingerprint density at radius 2 is 1.90 bits per heavy atom. The molecule has 2 amide bonds. The van der Waals surface area contributed by atoms with Gasteiger partial charge in [-0.05, 0) is 83.1 Å². The van der Waals surface area contributed by atoms with E-state index in [0.717, 1.165) is 24.8 Å². The van der Waals surface area contributed by atoms with Crippen LogP contribution in [0.2, 0.25) is 0 Å². The van der Waals surface area contributed by atoms with Crippen LogP contribution in [-0.2, 0) is 38.1 Å². The van der Waals surface area contributed by atoms with Crippen molar-refractivity contribution in [3.8, 4) is 0 Å². The molecule has 13 heteroatoms. The molecule has 4 aliphatic rings. The van der Waals surface area contributed by atoms with E-state index in [2.05, 4.69) is 16.7 Å². The number of amides is 2. The molecule has 2 heterocycles. The number of carbonyl (C=O) groups is 4. The van der Waals surface area contributed by atoms with Crippen molar-refractivity contribution in [2.75, 3.05) is 13.4 Å². The molecule has 3 unspecified atom stereocenters. The molecule has 3 fully saturated rings. The second-order valence-corrected chi connectivity index (χ2v) is 14.2. The van der Waals surface area contributed by atoms with Gasteiger partial charge in [0.2, 0.25) is 11.8 Å². The van der Waals surface area contributed by atoms with Crippen LogP contribution in [0.1, 0.15) is 82.1 Å². The molecule has 2 aliphatic heterocycles. The zero-order valence-electron chi connectivity index (χ0n) is 28.5. The quantitative estimate of drug-likeness (QED) is 0.177. The van der Waals surface area contributed by atoms with Crippen LogP contribution in [0.15, 0.2) is 42.0 Å². The number of hydrogen-bond acceptors (Lipinski definition) is 11. The number of nitrogens with one attached hydrogen (secondary N) is 2. The summed E-state index contributed by atoms with van der Waals surface area (Å²) in [6.07, 6.45) is 6.29. The van der Waals surface area contributed by atoms with Gasteiger partial charge in [0, 0.05) is 18.4 Å². The van der Waals surface area contributed by atoms with Crippen molar-refractivity contribution in [2.24, 2.45) is 5.92 Å². The van der Waals surface area contributed by atoms with Crippen LogP contribution < -0.4 is 10.6 Å². The lowest BCUT2D eigenvalue weighted by Gasteiger charge is -2.31. The molecule has 2 aliphatic carbocycles. The Labute approximate surface area is 286 Å². The van der Waals surface area contributed by atoms with Gasteiger partial charge in [-0.15, -0.1) is 0 Å². The Hall–Kier alpha value is -3.62. The van der Waals surface area contributed by atoms with Crippen molar-refractivity contribution in [1.82, 2.24) is 10.6 Å². The molecule has 49 heavy (non-hydrogen) atoms. The summed E-state index contributed by atoms with van der Waals surface area (Å²) in [5, 5.41) is 25.3. The smallest absolute Gasteiger partial charge is 0.338 e. The van der Waals surface area contributed by atoms with Crippen LogP contribution in [0.5, 0.6) is 0 Å². The van der Waals surface area contributed by atoms with Crippen LogP contribution in [0, 0.1) is 5.92 Å². The zero-order valence-corrected chi connectivity index (χ0v) is 28.5. The number of benzene rings is 1. The fraction of sp³-hybridized carbons (Fsp3) is 0.611. The molecule has 1 aromatic rings. The van der Waals surface area contributed by atoms with Crippen molar-refractivity contribution in [1.29, 1.82) is 0 Å². The highest BCUT2D eigenvalue weighted by Crippen LogP contribution is 2.40. The number of allylic oxidation sites excluding steroid dienone is 1. The summed E-state index contributed by atoms with van der Waals surface area (Å²) in [7, 11) is 0. The Balaban J connectivity index is 1.18. The van der Waals surface area contributed by atoms with E-state index in [0.29, 0.717) is 23.7 Å². The van der Waals surface area contributed by atoms with Gasteiger partial charge in [0.1, 0.15) is 36.7 Å². The first-order valence-corrected chi connectivity index (χ1v) is 17.0. The first kappa shape index (κ1) is 36.7. The number of ether oxygens (including phenoxy) is 5. The number of esters is 2. The standard InChI is InChI=1S/C36H48N2O11/c1-20(40)31(34(43)37-25(18-39)11-13-30(41)49-36(2,3)4)38-33(42)24-16-28-32(46-19-45-28)29(17-24)48-35(44)23-7-5-6-21(14-23)8-9-22-10-12-26-27(15-22)47-26/h5-9,14,16,20,22,25-29,31-32,39-40H,10-13,15,17-19H2,1-4H3,(H,37,43)(H,38,42)/t20-,22?,25-,26?,27?,28+,29+,31+,32+/m0/s1. The fourth-order valence-corrected chi connectivity index (χ4v) is 6.38. The van der Waals surface area contributed by atoms with Crippen molar-refractivity contribution >= 4 is 29.8 Å². The lowest BCUT2D eigenvalue weighted by atomic mass is 9.88. The molecular weight excluding hydrogens is 636 g/mol. The lowest BCUT2D eigenvalue weighted by molar-refractivity contribution is -0.155. The van der Waals surface area contributed by atoms with E-state index < -0.39 is 72.5 Å². The van der Waals surface area contributed by atoms with E-state index in [9.17, 15) is 29.4 Å². The maximum Gasteiger partial charge on any atom is 0.338 e. The van der Waals surface area contributed by atoms with Gasteiger partial charge in [0.05, 0.1) is 36.5 Å².